The topological polar surface area (TPSA) is 0 Å². The SMILES string of the molecule is Cc1sc(C(Br)c2cccc(F)c2Br)cc1Br. The van der Waals surface area contributed by atoms with E-state index in [1.807, 2.05) is 6.07 Å². The van der Waals surface area contributed by atoms with E-state index in [1.165, 1.54) is 10.9 Å². The minimum absolute atomic E-state index is 0.00238. The second-order valence-electron chi connectivity index (χ2n) is 3.56. The largest absolute Gasteiger partial charge is 0.206 e. The van der Waals surface area contributed by atoms with E-state index in [4.69, 9.17) is 0 Å². The second-order valence-corrected chi connectivity index (χ2v) is 7.41. The van der Waals surface area contributed by atoms with Crippen LogP contribution in [0.25, 0.3) is 0 Å². The maximum Gasteiger partial charge on any atom is 0.137 e. The van der Waals surface area contributed by atoms with E-state index in [0.29, 0.717) is 4.47 Å². The summed E-state index contributed by atoms with van der Waals surface area (Å²) in [4.78, 5) is 2.38. The summed E-state index contributed by atoms with van der Waals surface area (Å²) in [5, 5.41) is 0. The van der Waals surface area contributed by atoms with Crippen LogP contribution in [0.1, 0.15) is 20.1 Å². The Bertz CT molecular complexity index is 531. The van der Waals surface area contributed by atoms with Crippen molar-refractivity contribution in [3.8, 4) is 0 Å². The van der Waals surface area contributed by atoms with Crippen LogP contribution in [0, 0.1) is 12.7 Å². The molecule has 0 saturated heterocycles. The zero-order valence-electron chi connectivity index (χ0n) is 8.81. The minimum Gasteiger partial charge on any atom is -0.206 e. The van der Waals surface area contributed by atoms with Crippen LogP contribution in [-0.4, -0.2) is 0 Å². The maximum absolute atomic E-state index is 13.5. The molecule has 0 spiro atoms. The first-order valence-corrected chi connectivity index (χ1v) is 8.16. The lowest BCUT2D eigenvalue weighted by atomic mass is 10.1. The quantitative estimate of drug-likeness (QED) is 0.485. The van der Waals surface area contributed by atoms with Crippen LogP contribution in [-0.2, 0) is 0 Å². The van der Waals surface area contributed by atoms with E-state index in [0.717, 1.165) is 14.9 Å². The molecule has 0 aliphatic carbocycles. The summed E-state index contributed by atoms with van der Waals surface area (Å²) in [6, 6.07) is 7.15. The fourth-order valence-corrected chi connectivity index (χ4v) is 4.63. The molecular formula is C12H8Br3FS. The van der Waals surface area contributed by atoms with E-state index in [1.54, 1.807) is 17.4 Å². The normalized spacial score (nSPS) is 12.8. The van der Waals surface area contributed by atoms with Crippen molar-refractivity contribution in [1.29, 1.82) is 0 Å². The minimum atomic E-state index is -0.237. The van der Waals surface area contributed by atoms with Crippen molar-refractivity contribution in [3.63, 3.8) is 0 Å². The monoisotopic (exact) mass is 440 g/mol. The summed E-state index contributed by atoms with van der Waals surface area (Å²) in [5.74, 6) is -0.237. The van der Waals surface area contributed by atoms with Crippen LogP contribution in [0.2, 0.25) is 0 Å². The first kappa shape index (κ1) is 13.7. The molecule has 5 heteroatoms. The number of thiophene rings is 1. The van der Waals surface area contributed by atoms with Crippen LogP contribution in [0.5, 0.6) is 0 Å². The number of aryl methyl sites for hydroxylation is 1. The van der Waals surface area contributed by atoms with Gasteiger partial charge in [0.05, 0.1) is 9.30 Å². The predicted octanol–water partition coefficient (Wildman–Crippen LogP) is 6.20. The van der Waals surface area contributed by atoms with Crippen molar-refractivity contribution in [2.24, 2.45) is 0 Å². The van der Waals surface area contributed by atoms with Gasteiger partial charge in [0.1, 0.15) is 5.82 Å². The van der Waals surface area contributed by atoms with Gasteiger partial charge in [0.2, 0.25) is 0 Å². The molecular weight excluding hydrogens is 435 g/mol. The van der Waals surface area contributed by atoms with E-state index in [9.17, 15) is 4.39 Å². The van der Waals surface area contributed by atoms with Crippen molar-refractivity contribution >= 4 is 59.1 Å². The van der Waals surface area contributed by atoms with Gasteiger partial charge in [0.15, 0.2) is 0 Å². The molecule has 1 aromatic heterocycles. The number of rotatable bonds is 2. The van der Waals surface area contributed by atoms with Crippen molar-refractivity contribution < 1.29 is 4.39 Å². The Balaban J connectivity index is 2.43. The molecule has 0 saturated carbocycles. The zero-order valence-corrected chi connectivity index (χ0v) is 14.4. The van der Waals surface area contributed by atoms with Gasteiger partial charge in [-0.05, 0) is 56.5 Å². The molecule has 17 heavy (non-hydrogen) atoms. The summed E-state index contributed by atoms with van der Waals surface area (Å²) >= 11 is 12.1. The molecule has 1 aromatic carbocycles. The zero-order chi connectivity index (χ0) is 12.6. The molecule has 2 aromatic rings. The van der Waals surface area contributed by atoms with E-state index < -0.39 is 0 Å². The summed E-state index contributed by atoms with van der Waals surface area (Å²) in [6.07, 6.45) is 0. The van der Waals surface area contributed by atoms with Crippen molar-refractivity contribution in [3.05, 3.63) is 54.3 Å². The summed E-state index contributed by atoms with van der Waals surface area (Å²) < 4.78 is 15.1. The van der Waals surface area contributed by atoms with Gasteiger partial charge in [-0.15, -0.1) is 11.3 Å². The number of alkyl halides is 1. The third-order valence-corrected chi connectivity index (χ3v) is 6.71. The molecule has 0 radical (unpaired) electrons. The van der Waals surface area contributed by atoms with Gasteiger partial charge < -0.3 is 0 Å². The Morgan fingerprint density at radius 3 is 2.59 bits per heavy atom. The van der Waals surface area contributed by atoms with Gasteiger partial charge in [0.25, 0.3) is 0 Å². The Labute approximate surface area is 129 Å². The number of hydrogen-bond donors (Lipinski definition) is 0. The second kappa shape index (κ2) is 5.51. The summed E-state index contributed by atoms with van der Waals surface area (Å²) in [7, 11) is 0. The number of halogens is 4. The van der Waals surface area contributed by atoms with Crippen LogP contribution in [0.4, 0.5) is 4.39 Å². The van der Waals surface area contributed by atoms with Crippen LogP contribution < -0.4 is 0 Å². The molecule has 0 aliphatic rings. The van der Waals surface area contributed by atoms with Crippen LogP contribution >= 0.6 is 59.1 Å². The molecule has 0 fully saturated rings. The predicted molar refractivity (Wildman–Crippen MR) is 81.6 cm³/mol. The average Bonchev–Trinajstić information content (AvgIpc) is 2.62. The van der Waals surface area contributed by atoms with Gasteiger partial charge in [0, 0.05) is 14.2 Å². The average molecular weight is 443 g/mol. The molecule has 1 atom stereocenters. The molecule has 1 heterocycles. The van der Waals surface area contributed by atoms with Crippen LogP contribution in [0.3, 0.4) is 0 Å². The molecule has 0 N–H and O–H groups in total. The van der Waals surface area contributed by atoms with Crippen LogP contribution in [0.15, 0.2) is 33.2 Å². The highest BCUT2D eigenvalue weighted by atomic mass is 79.9. The smallest absolute Gasteiger partial charge is 0.137 e. The molecule has 0 nitrogen and oxygen atoms in total. The molecule has 0 bridgehead atoms. The van der Waals surface area contributed by atoms with Crippen molar-refractivity contribution in [2.45, 2.75) is 11.8 Å². The lowest BCUT2D eigenvalue weighted by Gasteiger charge is -2.10. The molecule has 0 aliphatic heterocycles. The van der Waals surface area contributed by atoms with Gasteiger partial charge in [-0.1, -0.05) is 28.1 Å². The van der Waals surface area contributed by atoms with E-state index >= 15 is 0 Å². The fraction of sp³-hybridized carbons (Fsp3) is 0.167. The Morgan fingerprint density at radius 2 is 2.00 bits per heavy atom. The number of hydrogen-bond acceptors (Lipinski definition) is 1. The van der Waals surface area contributed by atoms with Crippen molar-refractivity contribution in [1.82, 2.24) is 0 Å². The highest BCUT2D eigenvalue weighted by Gasteiger charge is 2.18. The first-order chi connectivity index (χ1) is 8.00. The highest BCUT2D eigenvalue weighted by Crippen LogP contribution is 2.41. The Kier molecular flexibility index (Phi) is 4.45. The third-order valence-electron chi connectivity index (χ3n) is 2.38. The lowest BCUT2D eigenvalue weighted by Crippen LogP contribution is -1.93. The molecule has 1 unspecified atom stereocenters. The highest BCUT2D eigenvalue weighted by molar-refractivity contribution is 9.11. The Morgan fingerprint density at radius 1 is 1.29 bits per heavy atom. The van der Waals surface area contributed by atoms with Crippen molar-refractivity contribution in [2.75, 3.05) is 0 Å². The van der Waals surface area contributed by atoms with E-state index in [2.05, 4.69) is 60.8 Å². The Hall–Kier alpha value is 0.290. The summed E-state index contributed by atoms with van der Waals surface area (Å²) in [6.45, 7) is 2.05. The first-order valence-electron chi connectivity index (χ1n) is 4.84. The standard InChI is InChI=1S/C12H8Br3FS/c1-6-8(13)5-10(17-6)12(15)7-3-2-4-9(16)11(7)14/h2-5,12H,1H3. The third kappa shape index (κ3) is 2.83. The fourth-order valence-electron chi connectivity index (χ4n) is 1.48. The number of benzene rings is 1. The van der Waals surface area contributed by atoms with Gasteiger partial charge >= 0.3 is 0 Å². The molecule has 2 rings (SSSR count). The molecule has 90 valence electrons. The lowest BCUT2D eigenvalue weighted by molar-refractivity contribution is 0.619. The van der Waals surface area contributed by atoms with Gasteiger partial charge in [-0.2, -0.15) is 0 Å². The van der Waals surface area contributed by atoms with Gasteiger partial charge in [-0.25, -0.2) is 4.39 Å². The summed E-state index contributed by atoms with van der Waals surface area (Å²) in [5.41, 5.74) is 0.902. The maximum atomic E-state index is 13.5. The molecule has 0 amide bonds. The van der Waals surface area contributed by atoms with E-state index in [-0.39, 0.29) is 10.6 Å². The van der Waals surface area contributed by atoms with Gasteiger partial charge in [-0.3, -0.25) is 0 Å².